The molecule has 17 nitrogen and oxygen atoms in total. The Kier molecular flexibility index (Phi) is 72.6. The van der Waals surface area contributed by atoms with E-state index >= 15 is 0 Å². The molecule has 3 N–H and O–H groups in total. The number of aliphatic hydroxyl groups is 1. The maximum atomic E-state index is 13.1. The first-order valence-corrected chi connectivity index (χ1v) is 42.7. The van der Waals surface area contributed by atoms with Crippen molar-refractivity contribution in [2.24, 2.45) is 0 Å². The minimum atomic E-state index is -5.01. The number of ether oxygens (including phenoxy) is 4. The SMILES string of the molecule is CC/C=C\C/C=C\C/C=C\C/C=C\C/C=C\C/C=C\CCC(=O)OCC(COP(=O)(O)OCC(O)COP(=O)(O)OCC(COC(=O)CCCCCCCC/C=C\C/C=C\C/C=C\C/C=C\CC)OC(=O)CCC/C=C\C/C=C\C/C=C\C/C=C\C/C=C\CC)OC(=O)CCCCCCC/C=C\CCCC. The van der Waals surface area contributed by atoms with Crippen LogP contribution in [0.25, 0.3) is 0 Å². The van der Waals surface area contributed by atoms with Crippen molar-refractivity contribution in [1.82, 2.24) is 0 Å². The molecule has 5 atom stereocenters. The zero-order chi connectivity index (χ0) is 77.4. The van der Waals surface area contributed by atoms with Gasteiger partial charge in [-0.05, 0) is 161 Å². The van der Waals surface area contributed by atoms with E-state index in [1.165, 1.54) is 6.42 Å². The van der Waals surface area contributed by atoms with Gasteiger partial charge in [0.15, 0.2) is 12.2 Å². The molecule has 106 heavy (non-hydrogen) atoms. The zero-order valence-corrected chi connectivity index (χ0v) is 67.1. The summed E-state index contributed by atoms with van der Waals surface area (Å²) in [7, 11) is -10.0. The van der Waals surface area contributed by atoms with E-state index in [1.807, 2.05) is 30.4 Å². The van der Waals surface area contributed by atoms with Crippen molar-refractivity contribution >= 4 is 39.5 Å². The maximum absolute atomic E-state index is 13.1. The number of phosphoric acid groups is 2. The second-order valence-corrected chi connectivity index (χ2v) is 28.4. The molecule has 0 aromatic carbocycles. The monoisotopic (exact) mass is 1520 g/mol. The molecule has 0 saturated carbocycles. The van der Waals surface area contributed by atoms with Gasteiger partial charge in [0.2, 0.25) is 0 Å². The van der Waals surface area contributed by atoms with E-state index in [0.29, 0.717) is 38.5 Å². The van der Waals surface area contributed by atoms with E-state index in [0.717, 1.165) is 173 Å². The summed E-state index contributed by atoms with van der Waals surface area (Å²) in [6, 6.07) is 0. The average molecular weight is 1520 g/mol. The number of hydrogen-bond donors (Lipinski definition) is 3. The van der Waals surface area contributed by atoms with Gasteiger partial charge in [0.1, 0.15) is 19.3 Å². The van der Waals surface area contributed by atoms with Crippen LogP contribution in [0.1, 0.15) is 272 Å². The zero-order valence-electron chi connectivity index (χ0n) is 65.3. The predicted molar refractivity (Wildman–Crippen MR) is 436 cm³/mol. The van der Waals surface area contributed by atoms with E-state index in [1.54, 1.807) is 0 Å². The molecule has 0 radical (unpaired) electrons. The molecule has 0 aliphatic rings. The summed E-state index contributed by atoms with van der Waals surface area (Å²) in [4.78, 5) is 72.9. The predicted octanol–water partition coefficient (Wildman–Crippen LogP) is 23.3. The Morgan fingerprint density at radius 2 is 0.519 bits per heavy atom. The molecule has 0 aliphatic heterocycles. The lowest BCUT2D eigenvalue weighted by Gasteiger charge is -2.21. The van der Waals surface area contributed by atoms with Crippen molar-refractivity contribution in [2.45, 2.75) is 290 Å². The molecule has 0 aromatic rings. The number of rotatable bonds is 72. The summed E-state index contributed by atoms with van der Waals surface area (Å²) < 4.78 is 68.4. The summed E-state index contributed by atoms with van der Waals surface area (Å²) in [6.07, 6.45) is 94.4. The molecule has 19 heteroatoms. The van der Waals surface area contributed by atoms with E-state index in [4.69, 9.17) is 37.0 Å². The van der Waals surface area contributed by atoms with Gasteiger partial charge in [0, 0.05) is 25.7 Å². The van der Waals surface area contributed by atoms with Crippen molar-refractivity contribution in [1.29, 1.82) is 0 Å². The Balaban J connectivity index is 5.48. The molecule has 0 spiro atoms. The molecule has 0 amide bonds. The Morgan fingerprint density at radius 1 is 0.274 bits per heavy atom. The fraction of sp³-hybridized carbons (Fsp3) is 0.586. The van der Waals surface area contributed by atoms with Crippen LogP contribution in [0.15, 0.2) is 194 Å². The van der Waals surface area contributed by atoms with Gasteiger partial charge in [-0.25, -0.2) is 9.13 Å². The van der Waals surface area contributed by atoms with Gasteiger partial charge in [0.25, 0.3) is 0 Å². The van der Waals surface area contributed by atoms with Crippen LogP contribution in [0.2, 0.25) is 0 Å². The Bertz CT molecular complexity index is 2780. The molecule has 0 aromatic heterocycles. The van der Waals surface area contributed by atoms with Gasteiger partial charge in [0.05, 0.1) is 26.4 Å². The topological polar surface area (TPSA) is 237 Å². The summed E-state index contributed by atoms with van der Waals surface area (Å²) in [6.45, 7) is 4.28. The van der Waals surface area contributed by atoms with Crippen LogP contribution in [0.5, 0.6) is 0 Å². The smallest absolute Gasteiger partial charge is 0.462 e. The first kappa shape index (κ1) is 99.9. The molecule has 0 rings (SSSR count). The van der Waals surface area contributed by atoms with E-state index in [9.17, 15) is 43.2 Å². The van der Waals surface area contributed by atoms with Gasteiger partial charge in [-0.3, -0.25) is 37.3 Å². The highest BCUT2D eigenvalue weighted by Crippen LogP contribution is 2.45. The molecule has 598 valence electrons. The maximum Gasteiger partial charge on any atom is 0.472 e. The summed E-state index contributed by atoms with van der Waals surface area (Å²) >= 11 is 0. The van der Waals surface area contributed by atoms with Crippen molar-refractivity contribution in [3.63, 3.8) is 0 Å². The fourth-order valence-corrected chi connectivity index (χ4v) is 11.2. The lowest BCUT2D eigenvalue weighted by molar-refractivity contribution is -0.161. The fourth-order valence-electron chi connectivity index (χ4n) is 9.61. The van der Waals surface area contributed by atoms with Crippen LogP contribution < -0.4 is 0 Å². The molecule has 0 bridgehead atoms. The van der Waals surface area contributed by atoms with Crippen LogP contribution >= 0.6 is 15.6 Å². The number of unbranched alkanes of at least 4 members (excludes halogenated alkanes) is 14. The summed E-state index contributed by atoms with van der Waals surface area (Å²) in [5, 5.41) is 10.6. The molecule has 0 heterocycles. The van der Waals surface area contributed by atoms with Crippen molar-refractivity contribution < 1.29 is 80.2 Å². The van der Waals surface area contributed by atoms with Gasteiger partial charge in [-0.2, -0.15) is 0 Å². The average Bonchev–Trinajstić information content (AvgIpc) is 0.901. The second kappa shape index (κ2) is 77.1. The van der Waals surface area contributed by atoms with E-state index in [2.05, 4.69) is 192 Å². The minimum absolute atomic E-state index is 0.00369. The van der Waals surface area contributed by atoms with Crippen molar-refractivity contribution in [3.8, 4) is 0 Å². The van der Waals surface area contributed by atoms with Crippen LogP contribution in [0.3, 0.4) is 0 Å². The summed E-state index contributed by atoms with van der Waals surface area (Å²) in [5.74, 6) is -2.39. The van der Waals surface area contributed by atoms with Gasteiger partial charge >= 0.3 is 39.5 Å². The highest BCUT2D eigenvalue weighted by molar-refractivity contribution is 7.47. The number of carbonyl (C=O) groups excluding carboxylic acids is 4. The molecule has 0 fully saturated rings. The minimum Gasteiger partial charge on any atom is -0.462 e. The van der Waals surface area contributed by atoms with Crippen LogP contribution in [-0.4, -0.2) is 96.7 Å². The Morgan fingerprint density at radius 3 is 0.858 bits per heavy atom. The number of phosphoric ester groups is 2. The van der Waals surface area contributed by atoms with Crippen LogP contribution in [0, 0.1) is 0 Å². The van der Waals surface area contributed by atoms with Crippen LogP contribution in [0.4, 0.5) is 0 Å². The third-order valence-electron chi connectivity index (χ3n) is 15.5. The molecular weight excluding hydrogens is 1380 g/mol. The standard InChI is InChI=1S/C87H138O17P2/c1-5-9-13-17-21-25-29-32-35-38-40-43-45-48-52-55-59-63-67-71-84(89)97-77-82(103-86(91)73-69-65-61-57-51-28-24-20-16-12-8-4)79-101-105(93,94)99-75-81(88)76-100-106(95,96)102-80-83(104-87(92)74-70-66-62-58-54-50-47-42-37-34-31-27-23-19-15-11-7-3)78-98-85(90)72-68-64-60-56-53-49-46-44-41-39-36-33-30-26-22-18-14-10-6-2/h9-11,13-15,20-27,32-37,40-41,43-44,47-48,50,52,58-59,62-63,81-83,88H,5-8,12,16-19,28-31,38-39,42,45-46,49,51,53-57,60-61,64-80H2,1-4H3,(H,93,94)(H,95,96)/b13-9-,14-10-,15-11-,24-20-,25-21-,26-22-,27-23-,35-32-,36-33-,37-34-,43-40-,44-41-,50-47-,52-48-,62-58-,63-59-. The van der Waals surface area contributed by atoms with Gasteiger partial charge < -0.3 is 33.8 Å². The second-order valence-electron chi connectivity index (χ2n) is 25.5. The number of carbonyl (C=O) groups is 4. The number of aliphatic hydroxyl groups excluding tert-OH is 1. The van der Waals surface area contributed by atoms with Crippen molar-refractivity contribution in [2.75, 3.05) is 39.6 Å². The van der Waals surface area contributed by atoms with E-state index < -0.39 is 97.5 Å². The lowest BCUT2D eigenvalue weighted by atomic mass is 10.1. The molecule has 5 unspecified atom stereocenters. The van der Waals surface area contributed by atoms with Crippen LogP contribution in [-0.2, 0) is 65.4 Å². The number of allylic oxidation sites excluding steroid dienone is 32. The first-order chi connectivity index (χ1) is 51.7. The highest BCUT2D eigenvalue weighted by Gasteiger charge is 2.30. The molecule has 0 saturated heterocycles. The Labute approximate surface area is 640 Å². The lowest BCUT2D eigenvalue weighted by Crippen LogP contribution is -2.30. The summed E-state index contributed by atoms with van der Waals surface area (Å²) in [5.41, 5.74) is 0. The molecule has 0 aliphatic carbocycles. The van der Waals surface area contributed by atoms with Crippen molar-refractivity contribution in [3.05, 3.63) is 194 Å². The third-order valence-corrected chi connectivity index (χ3v) is 17.4. The largest absolute Gasteiger partial charge is 0.472 e. The van der Waals surface area contributed by atoms with Gasteiger partial charge in [-0.1, -0.05) is 280 Å². The number of hydrogen-bond acceptors (Lipinski definition) is 15. The molecular formula is C87H138O17P2. The Hall–Kier alpha value is -6.10. The quantitative estimate of drug-likeness (QED) is 0.0169. The first-order valence-electron chi connectivity index (χ1n) is 39.7. The highest BCUT2D eigenvalue weighted by atomic mass is 31.2. The third kappa shape index (κ3) is 76.1. The van der Waals surface area contributed by atoms with E-state index in [-0.39, 0.29) is 25.7 Å². The number of esters is 4. The van der Waals surface area contributed by atoms with Gasteiger partial charge in [-0.15, -0.1) is 0 Å². The normalized spacial score (nSPS) is 14.9.